The van der Waals surface area contributed by atoms with Crippen molar-refractivity contribution < 1.29 is 9.53 Å². The van der Waals surface area contributed by atoms with Crippen LogP contribution in [0.15, 0.2) is 18.5 Å². The quantitative estimate of drug-likeness (QED) is 0.721. The molecule has 0 aliphatic heterocycles. The maximum absolute atomic E-state index is 11.3. The van der Waals surface area contributed by atoms with Gasteiger partial charge >= 0.3 is 5.97 Å². The number of aromatic nitrogens is 4. The van der Waals surface area contributed by atoms with Crippen LogP contribution < -0.4 is 0 Å². The molecule has 0 radical (unpaired) electrons. The Kier molecular flexibility index (Phi) is 2.86. The van der Waals surface area contributed by atoms with Crippen LogP contribution in [0, 0.1) is 6.92 Å². The average molecular weight is 232 g/mol. The van der Waals surface area contributed by atoms with E-state index in [1.165, 1.54) is 13.3 Å². The first-order chi connectivity index (χ1) is 8.11. The Morgan fingerprint density at radius 3 is 2.71 bits per heavy atom. The molecule has 0 N–H and O–H groups in total. The van der Waals surface area contributed by atoms with Gasteiger partial charge < -0.3 is 4.74 Å². The first-order valence-corrected chi connectivity index (χ1v) is 5.04. The van der Waals surface area contributed by atoms with Crippen LogP contribution in [-0.4, -0.2) is 32.8 Å². The van der Waals surface area contributed by atoms with E-state index in [1.54, 1.807) is 11.6 Å². The molecule has 0 aliphatic rings. The first kappa shape index (κ1) is 11.3. The van der Waals surface area contributed by atoms with E-state index in [0.717, 1.165) is 5.69 Å². The van der Waals surface area contributed by atoms with Crippen molar-refractivity contribution in [2.24, 2.45) is 7.05 Å². The lowest BCUT2D eigenvalue weighted by Crippen LogP contribution is -2.08. The van der Waals surface area contributed by atoms with E-state index in [1.807, 2.05) is 19.3 Å². The van der Waals surface area contributed by atoms with Crippen molar-refractivity contribution >= 4 is 5.97 Å². The molecule has 6 heteroatoms. The van der Waals surface area contributed by atoms with Gasteiger partial charge in [0.25, 0.3) is 0 Å². The number of hydrogen-bond donors (Lipinski definition) is 0. The number of carbonyl (C=O) groups excluding carboxylic acids is 1. The predicted molar refractivity (Wildman–Crippen MR) is 60.3 cm³/mol. The summed E-state index contributed by atoms with van der Waals surface area (Å²) < 4.78 is 6.29. The molecule has 0 amide bonds. The summed E-state index contributed by atoms with van der Waals surface area (Å²) in [4.78, 5) is 19.7. The summed E-state index contributed by atoms with van der Waals surface area (Å²) in [6, 6.07) is 1.83. The number of ether oxygens (including phenoxy) is 1. The summed E-state index contributed by atoms with van der Waals surface area (Å²) in [6.45, 7) is 1.71. The Morgan fingerprint density at radius 1 is 1.41 bits per heavy atom. The zero-order valence-electron chi connectivity index (χ0n) is 9.84. The second-order valence-electron chi connectivity index (χ2n) is 3.56. The highest BCUT2D eigenvalue weighted by atomic mass is 16.5. The summed E-state index contributed by atoms with van der Waals surface area (Å²) in [6.07, 6.45) is 3.34. The number of esters is 1. The van der Waals surface area contributed by atoms with Crippen molar-refractivity contribution in [3.63, 3.8) is 0 Å². The molecule has 0 unspecified atom stereocenters. The largest absolute Gasteiger partial charge is 0.464 e. The van der Waals surface area contributed by atoms with Crippen molar-refractivity contribution in [3.05, 3.63) is 29.8 Å². The number of hydrogen-bond acceptors (Lipinski definition) is 5. The Morgan fingerprint density at radius 2 is 2.18 bits per heavy atom. The monoisotopic (exact) mass is 232 g/mol. The highest BCUT2D eigenvalue weighted by Gasteiger charge is 2.13. The molecule has 0 aliphatic carbocycles. The van der Waals surface area contributed by atoms with Gasteiger partial charge in [-0.1, -0.05) is 0 Å². The summed E-state index contributed by atoms with van der Waals surface area (Å²) in [5, 5.41) is 4.21. The van der Waals surface area contributed by atoms with Crippen molar-refractivity contribution in [3.8, 4) is 11.4 Å². The predicted octanol–water partition coefficient (Wildman–Crippen LogP) is 0.972. The van der Waals surface area contributed by atoms with Crippen molar-refractivity contribution in [2.45, 2.75) is 6.92 Å². The van der Waals surface area contributed by atoms with Gasteiger partial charge in [-0.15, -0.1) is 0 Å². The SMILES string of the molecule is COC(=O)c1ncc(-c2ccn(C)n2)nc1C. The number of aryl methyl sites for hydroxylation is 2. The van der Waals surface area contributed by atoms with Crippen LogP contribution in [0.3, 0.4) is 0 Å². The van der Waals surface area contributed by atoms with E-state index in [2.05, 4.69) is 19.8 Å². The molecule has 2 rings (SSSR count). The molecule has 0 spiro atoms. The van der Waals surface area contributed by atoms with Crippen molar-refractivity contribution in [2.75, 3.05) is 7.11 Å². The van der Waals surface area contributed by atoms with E-state index in [0.29, 0.717) is 11.4 Å². The van der Waals surface area contributed by atoms with Gasteiger partial charge in [0.05, 0.1) is 19.0 Å². The van der Waals surface area contributed by atoms with E-state index in [9.17, 15) is 4.79 Å². The van der Waals surface area contributed by atoms with Crippen LogP contribution in [0.5, 0.6) is 0 Å². The van der Waals surface area contributed by atoms with Gasteiger partial charge in [-0.25, -0.2) is 14.8 Å². The summed E-state index contributed by atoms with van der Waals surface area (Å²) in [7, 11) is 3.14. The topological polar surface area (TPSA) is 69.9 Å². The standard InChI is InChI=1S/C11H12N4O2/c1-7-10(11(16)17-3)12-6-9(13-7)8-4-5-15(2)14-8/h4-6H,1-3H3. The molecule has 2 heterocycles. The molecule has 0 bridgehead atoms. The third-order valence-electron chi connectivity index (χ3n) is 2.30. The van der Waals surface area contributed by atoms with Gasteiger partial charge in [0, 0.05) is 13.2 Å². The maximum Gasteiger partial charge on any atom is 0.358 e. The fourth-order valence-electron chi connectivity index (χ4n) is 1.45. The second kappa shape index (κ2) is 4.32. The zero-order chi connectivity index (χ0) is 12.4. The maximum atomic E-state index is 11.3. The molecule has 17 heavy (non-hydrogen) atoms. The van der Waals surface area contributed by atoms with Crippen LogP contribution in [0.25, 0.3) is 11.4 Å². The molecule has 2 aromatic heterocycles. The molecule has 0 saturated heterocycles. The number of methoxy groups -OCH3 is 1. The van der Waals surface area contributed by atoms with Gasteiger partial charge in [0.1, 0.15) is 11.4 Å². The average Bonchev–Trinajstić information content (AvgIpc) is 2.75. The van der Waals surface area contributed by atoms with Crippen LogP contribution in [0.1, 0.15) is 16.2 Å². The zero-order valence-corrected chi connectivity index (χ0v) is 9.84. The van der Waals surface area contributed by atoms with Gasteiger partial charge in [-0.2, -0.15) is 5.10 Å². The molecule has 0 fully saturated rings. The third kappa shape index (κ3) is 2.15. The molecule has 6 nitrogen and oxygen atoms in total. The highest BCUT2D eigenvalue weighted by Crippen LogP contribution is 2.14. The molecule has 0 saturated carbocycles. The summed E-state index contributed by atoms with van der Waals surface area (Å²) in [5.74, 6) is -0.484. The fraction of sp³-hybridized carbons (Fsp3) is 0.273. The minimum Gasteiger partial charge on any atom is -0.464 e. The minimum absolute atomic E-state index is 0.229. The lowest BCUT2D eigenvalue weighted by atomic mass is 10.2. The molecule has 2 aromatic rings. The van der Waals surface area contributed by atoms with Crippen LogP contribution in [0.2, 0.25) is 0 Å². The Hall–Kier alpha value is -2.24. The molecule has 0 atom stereocenters. The summed E-state index contributed by atoms with van der Waals surface area (Å²) >= 11 is 0. The van der Waals surface area contributed by atoms with Gasteiger partial charge in [-0.3, -0.25) is 4.68 Å². The number of nitrogens with zero attached hydrogens (tertiary/aromatic N) is 4. The summed E-state index contributed by atoms with van der Waals surface area (Å²) in [5.41, 5.74) is 2.11. The van der Waals surface area contributed by atoms with Gasteiger partial charge in [0.15, 0.2) is 5.69 Å². The smallest absolute Gasteiger partial charge is 0.358 e. The first-order valence-electron chi connectivity index (χ1n) is 5.04. The number of carbonyl (C=O) groups is 1. The lowest BCUT2D eigenvalue weighted by molar-refractivity contribution is 0.0592. The van der Waals surface area contributed by atoms with Crippen LogP contribution in [0.4, 0.5) is 0 Å². The molecule has 88 valence electrons. The lowest BCUT2D eigenvalue weighted by Gasteiger charge is -2.03. The third-order valence-corrected chi connectivity index (χ3v) is 2.30. The molecular weight excluding hydrogens is 220 g/mol. The van der Waals surface area contributed by atoms with Gasteiger partial charge in [-0.05, 0) is 13.0 Å². The normalized spacial score (nSPS) is 10.3. The van der Waals surface area contributed by atoms with E-state index in [4.69, 9.17) is 0 Å². The van der Waals surface area contributed by atoms with Crippen molar-refractivity contribution in [1.82, 2.24) is 19.7 Å². The molecular formula is C11H12N4O2. The Bertz CT molecular complexity index is 562. The second-order valence-corrected chi connectivity index (χ2v) is 3.56. The Balaban J connectivity index is 2.40. The Labute approximate surface area is 98.3 Å². The minimum atomic E-state index is -0.484. The van der Waals surface area contributed by atoms with Crippen LogP contribution in [-0.2, 0) is 11.8 Å². The van der Waals surface area contributed by atoms with E-state index < -0.39 is 5.97 Å². The fourth-order valence-corrected chi connectivity index (χ4v) is 1.45. The van der Waals surface area contributed by atoms with E-state index >= 15 is 0 Å². The van der Waals surface area contributed by atoms with Crippen molar-refractivity contribution in [1.29, 1.82) is 0 Å². The van der Waals surface area contributed by atoms with E-state index in [-0.39, 0.29) is 5.69 Å². The van der Waals surface area contributed by atoms with Crippen LogP contribution >= 0.6 is 0 Å². The number of rotatable bonds is 2. The van der Waals surface area contributed by atoms with Gasteiger partial charge in [0.2, 0.25) is 0 Å². The highest BCUT2D eigenvalue weighted by molar-refractivity contribution is 5.88. The molecule has 0 aromatic carbocycles.